The van der Waals surface area contributed by atoms with E-state index in [2.05, 4.69) is 21.3 Å². The van der Waals surface area contributed by atoms with E-state index in [1.54, 1.807) is 66.7 Å². The number of hydrogen-bond donors (Lipinski definition) is 6. The van der Waals surface area contributed by atoms with Crippen LogP contribution < -0.4 is 21.3 Å². The molecule has 3 atom stereocenters. The average molecular weight is 701 g/mol. The molecule has 0 fully saturated rings. The first-order valence-electron chi connectivity index (χ1n) is 16.9. The number of rotatable bonds is 16. The number of nitrogens with one attached hydrogen (secondary N) is 4. The fourth-order valence-corrected chi connectivity index (χ4v) is 5.75. The average Bonchev–Trinajstić information content (AvgIpc) is 3.14. The van der Waals surface area contributed by atoms with Gasteiger partial charge in [-0.05, 0) is 45.2 Å². The minimum atomic E-state index is -1.33. The molecule has 5 aromatic rings. The topological polar surface area (TPSA) is 174 Å². The molecule has 266 valence electrons. The van der Waals surface area contributed by atoms with Crippen molar-refractivity contribution in [2.24, 2.45) is 0 Å². The van der Waals surface area contributed by atoms with Crippen LogP contribution in [0.3, 0.4) is 0 Å². The van der Waals surface area contributed by atoms with Gasteiger partial charge in [-0.1, -0.05) is 115 Å². The van der Waals surface area contributed by atoms with E-state index in [0.717, 1.165) is 21.9 Å². The van der Waals surface area contributed by atoms with Gasteiger partial charge in [-0.3, -0.25) is 19.2 Å². The molecule has 11 nitrogen and oxygen atoms in total. The smallest absolute Gasteiger partial charge is 0.326 e. The number of fused-ring (bicyclic) bond motifs is 1. The van der Waals surface area contributed by atoms with Gasteiger partial charge >= 0.3 is 5.97 Å². The van der Waals surface area contributed by atoms with Crippen molar-refractivity contribution in [2.45, 2.75) is 43.8 Å². The molecule has 5 aromatic carbocycles. The minimum absolute atomic E-state index is 0.0193. The van der Waals surface area contributed by atoms with Crippen molar-refractivity contribution in [1.82, 2.24) is 21.3 Å². The van der Waals surface area contributed by atoms with Crippen molar-refractivity contribution in [2.75, 3.05) is 6.54 Å². The van der Waals surface area contributed by atoms with Crippen LogP contribution >= 0.6 is 0 Å². The summed E-state index contributed by atoms with van der Waals surface area (Å²) in [6.45, 7) is -0.379. The molecule has 0 aromatic heterocycles. The third-order valence-corrected chi connectivity index (χ3v) is 8.47. The van der Waals surface area contributed by atoms with E-state index in [9.17, 15) is 34.2 Å². The molecule has 0 aliphatic heterocycles. The highest BCUT2D eigenvalue weighted by Gasteiger charge is 2.30. The summed E-state index contributed by atoms with van der Waals surface area (Å²) in [5.41, 5.74) is 2.82. The molecule has 0 unspecified atom stereocenters. The Kier molecular flexibility index (Phi) is 12.7. The zero-order valence-corrected chi connectivity index (χ0v) is 28.3. The normalized spacial score (nSPS) is 12.5. The van der Waals surface area contributed by atoms with Crippen LogP contribution in [0.2, 0.25) is 0 Å². The number of carboxylic acid groups (broad SMARTS) is 1. The number of carbonyl (C=O) groups excluding carboxylic acids is 4. The summed E-state index contributed by atoms with van der Waals surface area (Å²) in [5, 5.41) is 32.2. The predicted octanol–water partition coefficient (Wildman–Crippen LogP) is 3.47. The van der Waals surface area contributed by atoms with Gasteiger partial charge in [0.05, 0.1) is 13.0 Å². The first kappa shape index (κ1) is 36.8. The first-order valence-corrected chi connectivity index (χ1v) is 16.9. The van der Waals surface area contributed by atoms with E-state index in [0.29, 0.717) is 11.1 Å². The highest BCUT2D eigenvalue weighted by Crippen LogP contribution is 2.16. The minimum Gasteiger partial charge on any atom is -0.508 e. The van der Waals surface area contributed by atoms with Gasteiger partial charge in [-0.2, -0.15) is 0 Å². The van der Waals surface area contributed by atoms with Crippen LogP contribution in [0.15, 0.2) is 127 Å². The van der Waals surface area contributed by atoms with Gasteiger partial charge < -0.3 is 31.5 Å². The van der Waals surface area contributed by atoms with E-state index in [-0.39, 0.29) is 43.9 Å². The van der Waals surface area contributed by atoms with Crippen LogP contribution in [0.25, 0.3) is 10.8 Å². The molecule has 0 spiro atoms. The van der Waals surface area contributed by atoms with Gasteiger partial charge in [0.15, 0.2) is 0 Å². The van der Waals surface area contributed by atoms with Gasteiger partial charge in [-0.25, -0.2) is 4.79 Å². The Morgan fingerprint density at radius 1 is 0.500 bits per heavy atom. The van der Waals surface area contributed by atoms with Crippen molar-refractivity contribution in [3.8, 4) is 5.75 Å². The highest BCUT2D eigenvalue weighted by molar-refractivity contribution is 5.94. The van der Waals surface area contributed by atoms with Crippen LogP contribution in [-0.2, 0) is 49.7 Å². The number of phenolic OH excluding ortho intramolecular Hbond substituents is 1. The molecule has 5 rings (SSSR count). The molecular formula is C41H40N4O7. The summed E-state index contributed by atoms with van der Waals surface area (Å²) in [6, 6.07) is 33.7. The van der Waals surface area contributed by atoms with E-state index in [1.165, 1.54) is 12.1 Å². The van der Waals surface area contributed by atoms with Crippen molar-refractivity contribution in [1.29, 1.82) is 0 Å². The van der Waals surface area contributed by atoms with Crippen LogP contribution in [-0.4, -0.2) is 64.5 Å². The van der Waals surface area contributed by atoms with E-state index < -0.39 is 41.8 Å². The first-order chi connectivity index (χ1) is 25.1. The maximum Gasteiger partial charge on any atom is 0.326 e. The molecule has 0 bridgehead atoms. The Morgan fingerprint density at radius 2 is 0.981 bits per heavy atom. The number of amides is 4. The number of phenols is 1. The van der Waals surface area contributed by atoms with Crippen LogP contribution in [0.5, 0.6) is 5.75 Å². The van der Waals surface area contributed by atoms with E-state index in [1.807, 2.05) is 48.5 Å². The summed E-state index contributed by atoms with van der Waals surface area (Å²) in [5.74, 6) is -3.62. The molecule has 0 aliphatic rings. The summed E-state index contributed by atoms with van der Waals surface area (Å²) >= 11 is 0. The fraction of sp³-hybridized carbons (Fsp3) is 0.195. The van der Waals surface area contributed by atoms with Crippen LogP contribution in [0.1, 0.15) is 22.3 Å². The number of aliphatic carboxylic acids is 1. The quantitative estimate of drug-likeness (QED) is 0.0915. The zero-order chi connectivity index (χ0) is 36.9. The maximum atomic E-state index is 13.9. The third-order valence-electron chi connectivity index (χ3n) is 8.47. The van der Waals surface area contributed by atoms with Gasteiger partial charge in [0.2, 0.25) is 23.6 Å². The van der Waals surface area contributed by atoms with Gasteiger partial charge in [0.25, 0.3) is 0 Å². The monoisotopic (exact) mass is 700 g/mol. The largest absolute Gasteiger partial charge is 0.508 e. The molecule has 0 radical (unpaired) electrons. The second kappa shape index (κ2) is 18.0. The second-order valence-electron chi connectivity index (χ2n) is 12.5. The molecule has 4 amide bonds. The van der Waals surface area contributed by atoms with Gasteiger partial charge in [0.1, 0.15) is 23.9 Å². The number of aromatic hydroxyl groups is 1. The summed E-state index contributed by atoms with van der Waals surface area (Å²) in [6.07, 6.45) is 0.127. The molecule has 52 heavy (non-hydrogen) atoms. The zero-order valence-electron chi connectivity index (χ0n) is 28.3. The Balaban J connectivity index is 1.27. The Hall–Kier alpha value is -6.49. The third kappa shape index (κ3) is 11.0. The Labute approximate surface area is 301 Å². The molecule has 0 aliphatic carbocycles. The van der Waals surface area contributed by atoms with Crippen LogP contribution in [0.4, 0.5) is 0 Å². The lowest BCUT2D eigenvalue weighted by Crippen LogP contribution is -2.57. The Morgan fingerprint density at radius 3 is 1.58 bits per heavy atom. The lowest BCUT2D eigenvalue weighted by atomic mass is 10.0. The maximum absolute atomic E-state index is 13.9. The van der Waals surface area contributed by atoms with Crippen molar-refractivity contribution in [3.05, 3.63) is 150 Å². The molecule has 0 saturated heterocycles. The number of hydrogen-bond acceptors (Lipinski definition) is 6. The molecular weight excluding hydrogens is 660 g/mol. The second-order valence-corrected chi connectivity index (χ2v) is 12.5. The molecule has 11 heteroatoms. The summed E-state index contributed by atoms with van der Waals surface area (Å²) in [4.78, 5) is 65.6. The van der Waals surface area contributed by atoms with Crippen molar-refractivity contribution in [3.63, 3.8) is 0 Å². The van der Waals surface area contributed by atoms with Crippen LogP contribution in [0, 0.1) is 0 Å². The molecule has 0 heterocycles. The number of carboxylic acids is 1. The number of benzene rings is 5. The van der Waals surface area contributed by atoms with E-state index in [4.69, 9.17) is 0 Å². The van der Waals surface area contributed by atoms with Crippen molar-refractivity contribution >= 4 is 40.4 Å². The lowest BCUT2D eigenvalue weighted by molar-refractivity contribution is -0.142. The molecule has 0 saturated carbocycles. The van der Waals surface area contributed by atoms with Gasteiger partial charge in [0, 0.05) is 19.3 Å². The van der Waals surface area contributed by atoms with Crippen molar-refractivity contribution < 1.29 is 34.2 Å². The predicted molar refractivity (Wildman–Crippen MR) is 196 cm³/mol. The molecule has 6 N–H and O–H groups in total. The lowest BCUT2D eigenvalue weighted by Gasteiger charge is -2.25. The number of carbonyl (C=O) groups is 5. The van der Waals surface area contributed by atoms with E-state index >= 15 is 0 Å². The highest BCUT2D eigenvalue weighted by atomic mass is 16.4. The Bertz CT molecular complexity index is 2000. The SMILES string of the molecule is O=C(Cc1ccc2ccccc2c1)NCC(=O)N[C@@H](Cc1ccccc1)C(=O)N[C@@H](Cc1ccccc1)C(=O)N[C@@H](Cc1ccc(O)cc1)C(=O)O. The fourth-order valence-electron chi connectivity index (χ4n) is 5.75. The summed E-state index contributed by atoms with van der Waals surface area (Å²) < 4.78 is 0. The standard InChI is InChI=1S/C41H40N4O7/c46-33-19-16-29(17-20-33)24-36(41(51)52)45-40(50)35(23-28-11-5-2-6-12-28)44-39(49)34(22-27-9-3-1-4-10-27)43-38(48)26-42-37(47)25-30-15-18-31-13-7-8-14-32(31)21-30/h1-21,34-36,46H,22-26H2,(H,42,47)(H,43,48)(H,44,49)(H,45,50)(H,51,52)/t34-,35-,36-/m0/s1. The van der Waals surface area contributed by atoms with Gasteiger partial charge in [-0.15, -0.1) is 0 Å². The summed E-state index contributed by atoms with van der Waals surface area (Å²) in [7, 11) is 0.